The number of ether oxygens (including phenoxy) is 3. The SMILES string of the molecule is CC/C=C\C/C=C\C/C=C\C/C=C\CCCCCCCCCCCCCCCCCCCCCCCCC(=O)OCC(COC(=O)CCCCCCC/C=C\CCC)OC(=O)CCCCCCCCC/C=C\CCCCCCCC. The molecule has 0 radical (unpaired) electrons. The fourth-order valence-corrected chi connectivity index (χ4v) is 10.2. The van der Waals surface area contributed by atoms with Gasteiger partial charge in [0.15, 0.2) is 6.10 Å². The molecule has 0 aromatic heterocycles. The van der Waals surface area contributed by atoms with Crippen LogP contribution in [0, 0.1) is 0 Å². The number of rotatable bonds is 64. The topological polar surface area (TPSA) is 78.9 Å². The van der Waals surface area contributed by atoms with Gasteiger partial charge in [-0.2, -0.15) is 0 Å². The van der Waals surface area contributed by atoms with Crippen LogP contribution in [-0.2, 0) is 28.6 Å². The lowest BCUT2D eigenvalue weighted by Gasteiger charge is -2.18. The predicted molar refractivity (Wildman–Crippen MR) is 348 cm³/mol. The average Bonchev–Trinajstić information content (AvgIpc) is 3.46. The molecule has 1 atom stereocenters. The summed E-state index contributed by atoms with van der Waals surface area (Å²) in [6, 6.07) is 0. The van der Waals surface area contributed by atoms with Crippen LogP contribution in [0.3, 0.4) is 0 Å². The molecule has 0 amide bonds. The summed E-state index contributed by atoms with van der Waals surface area (Å²) in [5.74, 6) is -0.871. The van der Waals surface area contributed by atoms with Gasteiger partial charge in [-0.1, -0.05) is 312 Å². The van der Waals surface area contributed by atoms with Crippen LogP contribution in [0.5, 0.6) is 0 Å². The molecule has 0 fully saturated rings. The maximum absolute atomic E-state index is 12.9. The maximum Gasteiger partial charge on any atom is 0.306 e. The lowest BCUT2D eigenvalue weighted by atomic mass is 10.0. The minimum absolute atomic E-state index is 0.0747. The van der Waals surface area contributed by atoms with Gasteiger partial charge in [0.25, 0.3) is 0 Å². The van der Waals surface area contributed by atoms with Crippen LogP contribution in [0.1, 0.15) is 361 Å². The summed E-state index contributed by atoms with van der Waals surface area (Å²) >= 11 is 0. The number of hydrogen-bond acceptors (Lipinski definition) is 6. The number of hydrogen-bond donors (Lipinski definition) is 0. The fourth-order valence-electron chi connectivity index (χ4n) is 10.2. The molecule has 6 nitrogen and oxygen atoms in total. The van der Waals surface area contributed by atoms with Crippen molar-refractivity contribution in [1.82, 2.24) is 0 Å². The van der Waals surface area contributed by atoms with E-state index < -0.39 is 6.10 Å². The van der Waals surface area contributed by atoms with Gasteiger partial charge in [-0.15, -0.1) is 0 Å². The molecule has 0 N–H and O–H groups in total. The van der Waals surface area contributed by atoms with E-state index in [0.717, 1.165) is 96.3 Å². The van der Waals surface area contributed by atoms with E-state index in [2.05, 4.69) is 93.7 Å². The van der Waals surface area contributed by atoms with Gasteiger partial charge in [0.1, 0.15) is 13.2 Å². The van der Waals surface area contributed by atoms with Gasteiger partial charge in [0, 0.05) is 19.3 Å². The molecule has 464 valence electrons. The quantitative estimate of drug-likeness (QED) is 0.0261. The van der Waals surface area contributed by atoms with Crippen molar-refractivity contribution in [2.24, 2.45) is 0 Å². The fraction of sp³-hybridized carbons (Fsp3) is 0.797. The molecular formula is C74H132O6. The Morgan fingerprint density at radius 1 is 0.263 bits per heavy atom. The Kier molecular flexibility index (Phi) is 65.7. The van der Waals surface area contributed by atoms with Crippen molar-refractivity contribution >= 4 is 17.9 Å². The van der Waals surface area contributed by atoms with Crippen molar-refractivity contribution in [1.29, 1.82) is 0 Å². The Balaban J connectivity index is 4.04. The normalized spacial score (nSPS) is 12.5. The minimum Gasteiger partial charge on any atom is -0.462 e. The van der Waals surface area contributed by atoms with Gasteiger partial charge in [-0.05, 0) is 103 Å². The highest BCUT2D eigenvalue weighted by Gasteiger charge is 2.19. The van der Waals surface area contributed by atoms with Crippen molar-refractivity contribution in [3.8, 4) is 0 Å². The number of allylic oxidation sites excluding steroid dienone is 12. The number of esters is 3. The molecule has 6 heteroatoms. The highest BCUT2D eigenvalue weighted by Crippen LogP contribution is 2.18. The Hall–Kier alpha value is -3.15. The summed E-state index contributed by atoms with van der Waals surface area (Å²) in [6.07, 6.45) is 89.6. The molecule has 80 heavy (non-hydrogen) atoms. The summed E-state index contributed by atoms with van der Waals surface area (Å²) in [6.45, 7) is 6.50. The summed E-state index contributed by atoms with van der Waals surface area (Å²) in [5, 5.41) is 0. The molecule has 0 aliphatic heterocycles. The smallest absolute Gasteiger partial charge is 0.306 e. The zero-order valence-electron chi connectivity index (χ0n) is 53.3. The van der Waals surface area contributed by atoms with Gasteiger partial charge in [0.2, 0.25) is 0 Å². The first-order valence-electron chi connectivity index (χ1n) is 34.9. The second-order valence-electron chi connectivity index (χ2n) is 23.4. The van der Waals surface area contributed by atoms with Crippen LogP contribution in [0.15, 0.2) is 72.9 Å². The third-order valence-electron chi connectivity index (χ3n) is 15.4. The lowest BCUT2D eigenvalue weighted by molar-refractivity contribution is -0.167. The first-order valence-corrected chi connectivity index (χ1v) is 34.9. The van der Waals surface area contributed by atoms with Crippen molar-refractivity contribution < 1.29 is 28.6 Å². The van der Waals surface area contributed by atoms with E-state index in [0.29, 0.717) is 19.3 Å². The van der Waals surface area contributed by atoms with E-state index in [9.17, 15) is 14.4 Å². The van der Waals surface area contributed by atoms with Crippen LogP contribution in [0.25, 0.3) is 0 Å². The highest BCUT2D eigenvalue weighted by molar-refractivity contribution is 5.71. The van der Waals surface area contributed by atoms with Gasteiger partial charge in [0.05, 0.1) is 0 Å². The van der Waals surface area contributed by atoms with Crippen LogP contribution >= 0.6 is 0 Å². The standard InChI is InChI=1S/C74H132O6/c1-4-7-10-13-16-19-22-24-26-28-29-30-31-32-33-34-35-36-37-38-39-40-41-42-43-44-45-47-48-50-52-55-58-61-64-67-73(76)79-70-71(69-78-72(75)66-63-60-57-54-21-18-15-12-9-6-3)80-74(77)68-65-62-59-56-53-51-49-46-27-25-23-20-17-14-11-8-5-2/h7,10,12,15-16,19,24-27,29-30,71H,4-6,8-9,11,13-14,17-18,20-23,28,31-70H2,1-3H3/b10-7-,15-12-,19-16-,26-24-,27-25-,30-29-. The Labute approximate surface area is 497 Å². The predicted octanol–water partition coefficient (Wildman–Crippen LogP) is 24.1. The zero-order valence-corrected chi connectivity index (χ0v) is 53.3. The van der Waals surface area contributed by atoms with Crippen molar-refractivity contribution in [3.05, 3.63) is 72.9 Å². The minimum atomic E-state index is -0.778. The van der Waals surface area contributed by atoms with E-state index in [1.807, 2.05) is 0 Å². The van der Waals surface area contributed by atoms with Crippen LogP contribution < -0.4 is 0 Å². The van der Waals surface area contributed by atoms with Gasteiger partial charge in [-0.3, -0.25) is 14.4 Å². The van der Waals surface area contributed by atoms with E-state index >= 15 is 0 Å². The van der Waals surface area contributed by atoms with Gasteiger partial charge in [-0.25, -0.2) is 0 Å². The Morgan fingerprint density at radius 2 is 0.512 bits per heavy atom. The number of carbonyl (C=O) groups excluding carboxylic acids is 3. The molecule has 1 unspecified atom stereocenters. The Morgan fingerprint density at radius 3 is 0.825 bits per heavy atom. The first-order chi connectivity index (χ1) is 39.5. The summed E-state index contributed by atoms with van der Waals surface area (Å²) in [5.41, 5.74) is 0. The third kappa shape index (κ3) is 65.7. The second kappa shape index (κ2) is 68.3. The molecule has 0 rings (SSSR count). The first kappa shape index (κ1) is 76.9. The molecule has 0 saturated heterocycles. The third-order valence-corrected chi connectivity index (χ3v) is 15.4. The van der Waals surface area contributed by atoms with Crippen LogP contribution in [-0.4, -0.2) is 37.2 Å². The van der Waals surface area contributed by atoms with Gasteiger partial charge >= 0.3 is 17.9 Å². The molecular weight excluding hydrogens is 985 g/mol. The molecule has 0 saturated carbocycles. The van der Waals surface area contributed by atoms with E-state index in [4.69, 9.17) is 14.2 Å². The summed E-state index contributed by atoms with van der Waals surface area (Å²) in [7, 11) is 0. The molecule has 0 spiro atoms. The van der Waals surface area contributed by atoms with Crippen molar-refractivity contribution in [2.45, 2.75) is 367 Å². The van der Waals surface area contributed by atoms with E-state index in [1.165, 1.54) is 225 Å². The monoisotopic (exact) mass is 1120 g/mol. The molecule has 0 aromatic carbocycles. The van der Waals surface area contributed by atoms with Gasteiger partial charge < -0.3 is 14.2 Å². The highest BCUT2D eigenvalue weighted by atomic mass is 16.6. The molecule has 0 aromatic rings. The maximum atomic E-state index is 12.9. The molecule has 0 aliphatic rings. The number of carbonyl (C=O) groups is 3. The average molecular weight is 1120 g/mol. The molecule has 0 bridgehead atoms. The largest absolute Gasteiger partial charge is 0.462 e. The molecule has 0 heterocycles. The van der Waals surface area contributed by atoms with E-state index in [1.54, 1.807) is 0 Å². The zero-order chi connectivity index (χ0) is 57.8. The summed E-state index contributed by atoms with van der Waals surface area (Å²) in [4.78, 5) is 38.2. The molecule has 0 aliphatic carbocycles. The van der Waals surface area contributed by atoms with Crippen molar-refractivity contribution in [2.75, 3.05) is 13.2 Å². The lowest BCUT2D eigenvalue weighted by Crippen LogP contribution is -2.30. The summed E-state index contributed by atoms with van der Waals surface area (Å²) < 4.78 is 16.9. The number of unbranched alkanes of at least 4 members (excludes halogenated alkanes) is 41. The second-order valence-corrected chi connectivity index (χ2v) is 23.4. The van der Waals surface area contributed by atoms with Crippen LogP contribution in [0.4, 0.5) is 0 Å². The Bertz CT molecular complexity index is 1470. The van der Waals surface area contributed by atoms with E-state index in [-0.39, 0.29) is 31.1 Å². The van der Waals surface area contributed by atoms with Crippen LogP contribution in [0.2, 0.25) is 0 Å². The van der Waals surface area contributed by atoms with Crippen molar-refractivity contribution in [3.63, 3.8) is 0 Å².